The van der Waals surface area contributed by atoms with Crippen LogP contribution in [0.25, 0.3) is 0 Å². The second kappa shape index (κ2) is 4.37. The highest BCUT2D eigenvalue weighted by molar-refractivity contribution is 6.30. The number of carbonyl (C=O) groups excluding carboxylic acids is 1. The van der Waals surface area contributed by atoms with Crippen LogP contribution in [0.3, 0.4) is 0 Å². The molecule has 0 unspecified atom stereocenters. The van der Waals surface area contributed by atoms with Crippen molar-refractivity contribution >= 4 is 17.4 Å². The first-order chi connectivity index (χ1) is 7.66. The van der Waals surface area contributed by atoms with Gasteiger partial charge in [-0.05, 0) is 48.5 Å². The van der Waals surface area contributed by atoms with E-state index in [1.807, 2.05) is 0 Å². The van der Waals surface area contributed by atoms with Crippen LogP contribution in [0.5, 0.6) is 5.75 Å². The molecule has 0 aromatic heterocycles. The summed E-state index contributed by atoms with van der Waals surface area (Å²) in [4.78, 5) is 11.9. The number of phenols is 1. The normalized spacial score (nSPS) is 10.1. The molecule has 0 aliphatic heterocycles. The molecule has 1 N–H and O–H groups in total. The highest BCUT2D eigenvalue weighted by atomic mass is 35.5. The van der Waals surface area contributed by atoms with Gasteiger partial charge in [-0.3, -0.25) is 4.79 Å². The fourth-order valence-corrected chi connectivity index (χ4v) is 1.51. The Hall–Kier alpha value is -1.80. The first-order valence-corrected chi connectivity index (χ1v) is 5.14. The topological polar surface area (TPSA) is 37.3 Å². The minimum Gasteiger partial charge on any atom is -0.508 e. The van der Waals surface area contributed by atoms with Crippen molar-refractivity contribution in [2.75, 3.05) is 0 Å². The molecule has 0 amide bonds. The van der Waals surface area contributed by atoms with Crippen LogP contribution in [0, 0.1) is 0 Å². The van der Waals surface area contributed by atoms with Gasteiger partial charge in [-0.1, -0.05) is 11.6 Å². The second-order valence-electron chi connectivity index (χ2n) is 3.38. The van der Waals surface area contributed by atoms with E-state index in [1.54, 1.807) is 36.4 Å². The van der Waals surface area contributed by atoms with Gasteiger partial charge in [-0.2, -0.15) is 0 Å². The number of ketones is 1. The van der Waals surface area contributed by atoms with Crippen molar-refractivity contribution in [3.63, 3.8) is 0 Å². The number of benzene rings is 2. The van der Waals surface area contributed by atoms with E-state index >= 15 is 0 Å². The van der Waals surface area contributed by atoms with Gasteiger partial charge in [0, 0.05) is 17.6 Å². The Balaban J connectivity index is 0.00000144. The first-order valence-electron chi connectivity index (χ1n) is 4.76. The van der Waals surface area contributed by atoms with Gasteiger partial charge in [0.15, 0.2) is 5.78 Å². The van der Waals surface area contributed by atoms with Crippen molar-refractivity contribution in [1.82, 2.24) is 0 Å². The van der Waals surface area contributed by atoms with Gasteiger partial charge in [-0.25, -0.2) is 0 Å². The summed E-state index contributed by atoms with van der Waals surface area (Å²) in [5, 5.41) is 9.72. The van der Waals surface area contributed by atoms with E-state index in [4.69, 9.17) is 16.7 Å². The highest BCUT2D eigenvalue weighted by Gasteiger charge is 2.08. The largest absolute Gasteiger partial charge is 0.508 e. The zero-order chi connectivity index (χ0) is 11.5. The molecule has 0 radical (unpaired) electrons. The summed E-state index contributed by atoms with van der Waals surface area (Å²) in [6.07, 6.45) is 0. The number of rotatable bonds is 2. The van der Waals surface area contributed by atoms with Gasteiger partial charge in [0.25, 0.3) is 0 Å². The molecular weight excluding hydrogens is 224 g/mol. The molecule has 82 valence electrons. The standard InChI is InChI=1S/C13H9ClO2.H2/c14-11-5-1-9(2-6-11)13(16)10-3-7-12(15)8-4-10;/h1-8,15H;1H. The van der Waals surface area contributed by atoms with E-state index in [9.17, 15) is 4.79 Å². The molecule has 2 aromatic carbocycles. The Morgan fingerprint density at radius 1 is 0.938 bits per heavy atom. The molecular formula is C13H11ClO2. The third-order valence-electron chi connectivity index (χ3n) is 2.24. The molecule has 3 heteroatoms. The van der Waals surface area contributed by atoms with Crippen LogP contribution in [0.1, 0.15) is 17.3 Å². The van der Waals surface area contributed by atoms with Crippen molar-refractivity contribution < 1.29 is 11.3 Å². The Labute approximate surface area is 99.6 Å². The van der Waals surface area contributed by atoms with E-state index < -0.39 is 0 Å². The SMILES string of the molecule is O=C(c1ccc(O)cc1)c1ccc(Cl)cc1.[HH]. The second-order valence-corrected chi connectivity index (χ2v) is 3.82. The van der Waals surface area contributed by atoms with E-state index in [2.05, 4.69) is 0 Å². The van der Waals surface area contributed by atoms with Gasteiger partial charge < -0.3 is 5.11 Å². The number of halogens is 1. The number of phenolic OH excluding ortho intramolecular Hbond substituents is 1. The lowest BCUT2D eigenvalue weighted by Crippen LogP contribution is -2.00. The van der Waals surface area contributed by atoms with Gasteiger partial charge in [0.1, 0.15) is 5.75 Å². The van der Waals surface area contributed by atoms with Crippen LogP contribution < -0.4 is 0 Å². The first kappa shape index (κ1) is 10.7. The summed E-state index contributed by atoms with van der Waals surface area (Å²) in [6, 6.07) is 12.9. The molecule has 2 rings (SSSR count). The zero-order valence-corrected chi connectivity index (χ0v) is 9.11. The fraction of sp³-hybridized carbons (Fsp3) is 0. The predicted octanol–water partition coefficient (Wildman–Crippen LogP) is 3.52. The third kappa shape index (κ3) is 2.23. The van der Waals surface area contributed by atoms with Crippen LogP contribution in [0.15, 0.2) is 48.5 Å². The molecule has 0 atom stereocenters. The lowest BCUT2D eigenvalue weighted by atomic mass is 10.0. The molecule has 0 spiro atoms. The molecule has 0 saturated heterocycles. The maximum Gasteiger partial charge on any atom is 0.193 e. The van der Waals surface area contributed by atoms with Gasteiger partial charge in [-0.15, -0.1) is 0 Å². The van der Waals surface area contributed by atoms with Crippen LogP contribution in [0.2, 0.25) is 5.02 Å². The minimum atomic E-state index is -0.0864. The molecule has 2 nitrogen and oxygen atoms in total. The van der Waals surface area contributed by atoms with Crippen LogP contribution in [-0.4, -0.2) is 10.9 Å². The lowest BCUT2D eigenvalue weighted by Gasteiger charge is -2.01. The van der Waals surface area contributed by atoms with E-state index in [0.29, 0.717) is 16.1 Å². The molecule has 16 heavy (non-hydrogen) atoms. The monoisotopic (exact) mass is 234 g/mol. The molecule has 2 aromatic rings. The number of aromatic hydroxyl groups is 1. The van der Waals surface area contributed by atoms with E-state index in [1.165, 1.54) is 12.1 Å². The number of hydrogen-bond acceptors (Lipinski definition) is 2. The number of hydrogen-bond donors (Lipinski definition) is 1. The summed E-state index contributed by atoms with van der Waals surface area (Å²) >= 11 is 5.74. The van der Waals surface area contributed by atoms with Crippen molar-refractivity contribution in [2.24, 2.45) is 0 Å². The summed E-state index contributed by atoms with van der Waals surface area (Å²) in [6.45, 7) is 0. The average Bonchev–Trinajstić information content (AvgIpc) is 2.30. The van der Waals surface area contributed by atoms with E-state index in [0.717, 1.165) is 0 Å². The lowest BCUT2D eigenvalue weighted by molar-refractivity contribution is 0.103. The van der Waals surface area contributed by atoms with Crippen LogP contribution in [-0.2, 0) is 0 Å². The Morgan fingerprint density at radius 2 is 1.38 bits per heavy atom. The summed E-state index contributed by atoms with van der Waals surface area (Å²) < 4.78 is 0. The van der Waals surface area contributed by atoms with Gasteiger partial charge in [0.05, 0.1) is 0 Å². The summed E-state index contributed by atoms with van der Waals surface area (Å²) in [5.74, 6) is 0.0596. The van der Waals surface area contributed by atoms with Crippen LogP contribution >= 0.6 is 11.6 Å². The molecule has 0 bridgehead atoms. The van der Waals surface area contributed by atoms with Crippen molar-refractivity contribution in [2.45, 2.75) is 0 Å². The van der Waals surface area contributed by atoms with Crippen molar-refractivity contribution in [3.8, 4) is 5.75 Å². The maximum atomic E-state index is 11.9. The third-order valence-corrected chi connectivity index (χ3v) is 2.49. The van der Waals surface area contributed by atoms with Crippen molar-refractivity contribution in [1.29, 1.82) is 0 Å². The molecule has 0 saturated carbocycles. The Morgan fingerprint density at radius 3 is 1.88 bits per heavy atom. The molecule has 0 heterocycles. The zero-order valence-electron chi connectivity index (χ0n) is 8.35. The molecule has 0 aliphatic carbocycles. The quantitative estimate of drug-likeness (QED) is 0.808. The predicted molar refractivity (Wildman–Crippen MR) is 65.1 cm³/mol. The number of carbonyl (C=O) groups is 1. The summed E-state index contributed by atoms with van der Waals surface area (Å²) in [5.41, 5.74) is 1.12. The Bertz CT molecular complexity index is 458. The van der Waals surface area contributed by atoms with E-state index in [-0.39, 0.29) is 13.0 Å². The van der Waals surface area contributed by atoms with Crippen molar-refractivity contribution in [3.05, 3.63) is 64.7 Å². The van der Waals surface area contributed by atoms with Crippen LogP contribution in [0.4, 0.5) is 0 Å². The smallest absolute Gasteiger partial charge is 0.193 e. The van der Waals surface area contributed by atoms with Gasteiger partial charge in [0.2, 0.25) is 0 Å². The minimum absolute atomic E-state index is 0. The summed E-state index contributed by atoms with van der Waals surface area (Å²) in [7, 11) is 0. The highest BCUT2D eigenvalue weighted by Crippen LogP contribution is 2.16. The fourth-order valence-electron chi connectivity index (χ4n) is 1.38. The Kier molecular flexibility index (Phi) is 2.93. The molecule has 0 aliphatic rings. The average molecular weight is 235 g/mol. The van der Waals surface area contributed by atoms with Gasteiger partial charge >= 0.3 is 0 Å². The maximum absolute atomic E-state index is 11.9. The molecule has 0 fully saturated rings.